The van der Waals surface area contributed by atoms with Crippen molar-refractivity contribution < 1.29 is 5.11 Å². The van der Waals surface area contributed by atoms with Crippen LogP contribution in [-0.2, 0) is 19.4 Å². The van der Waals surface area contributed by atoms with Crippen LogP contribution < -0.4 is 11.1 Å². The summed E-state index contributed by atoms with van der Waals surface area (Å²) in [6, 6.07) is 3.82. The number of hydrogen-bond donors (Lipinski definition) is 3. The molecule has 0 fully saturated rings. The topological polar surface area (TPSA) is 70.6 Å². The largest absolute Gasteiger partial charge is 0.508 e. The van der Waals surface area contributed by atoms with E-state index in [2.05, 4.69) is 10.3 Å². The molecule has 21 heavy (non-hydrogen) atoms. The van der Waals surface area contributed by atoms with E-state index in [1.807, 2.05) is 26.8 Å². The van der Waals surface area contributed by atoms with Crippen LogP contribution in [0.5, 0.6) is 5.75 Å². The van der Waals surface area contributed by atoms with Crippen molar-refractivity contribution in [2.24, 2.45) is 10.7 Å². The van der Waals surface area contributed by atoms with Crippen molar-refractivity contribution in [3.8, 4) is 5.75 Å². The van der Waals surface area contributed by atoms with Crippen molar-refractivity contribution in [2.75, 3.05) is 0 Å². The van der Waals surface area contributed by atoms with Crippen molar-refractivity contribution >= 4 is 29.9 Å². The number of benzene rings is 1. The molecular formula is C16H26IN3O. The number of halogens is 1. The molecule has 2 rings (SSSR count). The summed E-state index contributed by atoms with van der Waals surface area (Å²) in [7, 11) is 0. The number of phenolic OH excluding ortho intramolecular Hbond substituents is 1. The van der Waals surface area contributed by atoms with Crippen molar-refractivity contribution in [1.82, 2.24) is 5.32 Å². The first-order valence-electron chi connectivity index (χ1n) is 7.27. The number of hydrogen-bond acceptors (Lipinski definition) is 2. The molecule has 0 heterocycles. The first kappa shape index (κ1) is 18.1. The van der Waals surface area contributed by atoms with Crippen LogP contribution in [0.4, 0.5) is 0 Å². The Kier molecular flexibility index (Phi) is 6.31. The summed E-state index contributed by atoms with van der Waals surface area (Å²) in [6.07, 6.45) is 4.54. The van der Waals surface area contributed by atoms with E-state index >= 15 is 0 Å². The van der Waals surface area contributed by atoms with Crippen LogP contribution in [0.15, 0.2) is 17.1 Å². The summed E-state index contributed by atoms with van der Waals surface area (Å²) >= 11 is 0. The average molecular weight is 403 g/mol. The van der Waals surface area contributed by atoms with E-state index < -0.39 is 0 Å². The third-order valence-corrected chi connectivity index (χ3v) is 3.54. The van der Waals surface area contributed by atoms with Gasteiger partial charge in [-0.05, 0) is 63.6 Å². The Bertz CT molecular complexity index is 521. The number of nitrogens with zero attached hydrogens (tertiary/aromatic N) is 1. The lowest BCUT2D eigenvalue weighted by atomic mass is 9.88. The van der Waals surface area contributed by atoms with Gasteiger partial charge in [0, 0.05) is 11.1 Å². The lowest BCUT2D eigenvalue weighted by Crippen LogP contribution is -2.45. The molecule has 0 aliphatic heterocycles. The van der Waals surface area contributed by atoms with Crippen molar-refractivity contribution in [2.45, 2.75) is 58.5 Å². The predicted octanol–water partition coefficient (Wildman–Crippen LogP) is 3.09. The van der Waals surface area contributed by atoms with E-state index in [0.717, 1.165) is 18.4 Å². The van der Waals surface area contributed by atoms with Crippen LogP contribution in [0.2, 0.25) is 0 Å². The van der Waals surface area contributed by atoms with Crippen LogP contribution in [0.25, 0.3) is 0 Å². The Balaban J connectivity index is 0.00000220. The Hall–Kier alpha value is -0.980. The normalized spacial score (nSPS) is 15.1. The highest BCUT2D eigenvalue weighted by Crippen LogP contribution is 2.30. The van der Waals surface area contributed by atoms with Gasteiger partial charge in [0.15, 0.2) is 5.96 Å². The minimum atomic E-state index is -0.105. The monoisotopic (exact) mass is 403 g/mol. The van der Waals surface area contributed by atoms with Crippen molar-refractivity contribution in [1.29, 1.82) is 0 Å². The highest BCUT2D eigenvalue weighted by Gasteiger charge is 2.16. The summed E-state index contributed by atoms with van der Waals surface area (Å²) in [5.74, 6) is 0.753. The molecule has 0 radical (unpaired) electrons. The molecule has 1 aliphatic rings. The third-order valence-electron chi connectivity index (χ3n) is 3.54. The van der Waals surface area contributed by atoms with Gasteiger partial charge in [-0.2, -0.15) is 0 Å². The van der Waals surface area contributed by atoms with Crippen LogP contribution >= 0.6 is 24.0 Å². The van der Waals surface area contributed by atoms with Crippen LogP contribution in [0, 0.1) is 0 Å². The molecule has 5 heteroatoms. The summed E-state index contributed by atoms with van der Waals surface area (Å²) < 4.78 is 0. The Labute approximate surface area is 144 Å². The number of guanidine groups is 1. The second kappa shape index (κ2) is 7.33. The van der Waals surface area contributed by atoms with Crippen LogP contribution in [0.1, 0.15) is 50.3 Å². The molecule has 4 N–H and O–H groups in total. The first-order valence-corrected chi connectivity index (χ1v) is 7.27. The fourth-order valence-corrected chi connectivity index (χ4v) is 2.66. The lowest BCUT2D eigenvalue weighted by Gasteiger charge is -2.22. The molecule has 0 bridgehead atoms. The maximum Gasteiger partial charge on any atom is 0.189 e. The molecule has 0 amide bonds. The number of nitrogens with one attached hydrogen (secondary N) is 1. The molecule has 1 aromatic carbocycles. The van der Waals surface area contributed by atoms with Gasteiger partial charge in [0.25, 0.3) is 0 Å². The summed E-state index contributed by atoms with van der Waals surface area (Å²) in [6.45, 7) is 6.55. The SMILES string of the molecule is CC(C)(C)NC(N)=NCc1c(O)ccc2c1CCCC2.I. The van der Waals surface area contributed by atoms with E-state index in [1.165, 1.54) is 24.0 Å². The quantitative estimate of drug-likeness (QED) is 0.404. The minimum absolute atomic E-state index is 0. The summed E-state index contributed by atoms with van der Waals surface area (Å²) in [4.78, 5) is 4.37. The van der Waals surface area contributed by atoms with E-state index in [-0.39, 0.29) is 29.5 Å². The molecule has 4 nitrogen and oxygen atoms in total. The molecule has 0 unspecified atom stereocenters. The maximum absolute atomic E-state index is 10.1. The summed E-state index contributed by atoms with van der Waals surface area (Å²) in [5.41, 5.74) is 9.33. The van der Waals surface area contributed by atoms with Gasteiger partial charge in [0.1, 0.15) is 5.75 Å². The number of aromatic hydroxyl groups is 1. The third kappa shape index (κ3) is 5.05. The number of aryl methyl sites for hydroxylation is 1. The van der Waals surface area contributed by atoms with Gasteiger partial charge >= 0.3 is 0 Å². The van der Waals surface area contributed by atoms with Gasteiger partial charge in [0.05, 0.1) is 6.54 Å². The fraction of sp³-hybridized carbons (Fsp3) is 0.562. The zero-order valence-corrected chi connectivity index (χ0v) is 15.4. The first-order chi connectivity index (χ1) is 9.37. The van der Waals surface area contributed by atoms with Crippen molar-refractivity contribution in [3.63, 3.8) is 0 Å². The predicted molar refractivity (Wildman–Crippen MR) is 98.4 cm³/mol. The molecule has 118 valence electrons. The molecule has 0 saturated heterocycles. The zero-order valence-electron chi connectivity index (χ0n) is 13.1. The molecule has 0 saturated carbocycles. The molecule has 0 spiro atoms. The van der Waals surface area contributed by atoms with E-state index in [1.54, 1.807) is 6.07 Å². The standard InChI is InChI=1S/C16H25N3O.HI/c1-16(2,3)19-15(17)18-10-13-12-7-5-4-6-11(12)8-9-14(13)20;/h8-9,20H,4-7,10H2,1-3H3,(H3,17,18,19);1H. The number of aliphatic imine (C=N–C) groups is 1. The van der Waals surface area contributed by atoms with E-state index in [0.29, 0.717) is 18.3 Å². The van der Waals surface area contributed by atoms with Gasteiger partial charge in [-0.1, -0.05) is 6.07 Å². The van der Waals surface area contributed by atoms with Crippen LogP contribution in [-0.4, -0.2) is 16.6 Å². The Morgan fingerprint density at radius 1 is 1.29 bits per heavy atom. The molecule has 1 aromatic rings. The van der Waals surface area contributed by atoms with Gasteiger partial charge in [-0.15, -0.1) is 24.0 Å². The highest BCUT2D eigenvalue weighted by molar-refractivity contribution is 14.0. The molecular weight excluding hydrogens is 377 g/mol. The Morgan fingerprint density at radius 2 is 1.95 bits per heavy atom. The van der Waals surface area contributed by atoms with Gasteiger partial charge in [0.2, 0.25) is 0 Å². The highest BCUT2D eigenvalue weighted by atomic mass is 127. The van der Waals surface area contributed by atoms with E-state index in [4.69, 9.17) is 5.73 Å². The number of rotatable bonds is 2. The smallest absolute Gasteiger partial charge is 0.189 e. The number of fused-ring (bicyclic) bond motifs is 1. The average Bonchev–Trinajstić information content (AvgIpc) is 2.35. The van der Waals surface area contributed by atoms with Crippen molar-refractivity contribution in [3.05, 3.63) is 28.8 Å². The second-order valence-corrected chi connectivity index (χ2v) is 6.48. The number of phenols is 1. The summed E-state index contributed by atoms with van der Waals surface area (Å²) in [5, 5.41) is 13.2. The number of nitrogens with two attached hydrogens (primary N) is 1. The van der Waals surface area contributed by atoms with Gasteiger partial charge < -0.3 is 16.2 Å². The zero-order chi connectivity index (χ0) is 14.8. The lowest BCUT2D eigenvalue weighted by molar-refractivity contribution is 0.465. The minimum Gasteiger partial charge on any atom is -0.508 e. The second-order valence-electron chi connectivity index (χ2n) is 6.48. The molecule has 0 atom stereocenters. The Morgan fingerprint density at radius 3 is 2.62 bits per heavy atom. The molecule has 1 aliphatic carbocycles. The maximum atomic E-state index is 10.1. The van der Waals surface area contributed by atoms with E-state index in [9.17, 15) is 5.11 Å². The van der Waals surface area contributed by atoms with Gasteiger partial charge in [-0.25, -0.2) is 4.99 Å². The molecule has 0 aromatic heterocycles. The van der Waals surface area contributed by atoms with Gasteiger partial charge in [-0.3, -0.25) is 0 Å². The fourth-order valence-electron chi connectivity index (χ4n) is 2.66. The van der Waals surface area contributed by atoms with Crippen LogP contribution in [0.3, 0.4) is 0 Å².